The lowest BCUT2D eigenvalue weighted by molar-refractivity contribution is -0.177. The van der Waals surface area contributed by atoms with Gasteiger partial charge in [0.1, 0.15) is 11.3 Å². The monoisotopic (exact) mass is 355 g/mol. The first-order valence-electron chi connectivity index (χ1n) is 8.43. The van der Waals surface area contributed by atoms with Crippen LogP contribution < -0.4 is 16.0 Å². The highest BCUT2D eigenvalue weighted by Gasteiger charge is 2.43. The van der Waals surface area contributed by atoms with Gasteiger partial charge in [0.05, 0.1) is 5.92 Å². The predicted octanol–water partition coefficient (Wildman–Crippen LogP) is 2.27. The van der Waals surface area contributed by atoms with Gasteiger partial charge in [-0.05, 0) is 26.3 Å². The summed E-state index contributed by atoms with van der Waals surface area (Å²) in [6, 6.07) is 0.338. The van der Waals surface area contributed by atoms with Crippen LogP contribution in [0.3, 0.4) is 0 Å². The van der Waals surface area contributed by atoms with Crippen LogP contribution in [0.25, 0.3) is 11.1 Å². The van der Waals surface area contributed by atoms with Gasteiger partial charge in [0.2, 0.25) is 5.95 Å². The number of furan rings is 1. The van der Waals surface area contributed by atoms with Gasteiger partial charge in [-0.25, -0.2) is 4.98 Å². The fourth-order valence-electron chi connectivity index (χ4n) is 3.82. The average molecular weight is 355 g/mol. The van der Waals surface area contributed by atoms with Crippen LogP contribution in [0.2, 0.25) is 0 Å². The Labute approximate surface area is 142 Å². The molecule has 2 aliphatic rings. The third-order valence-electron chi connectivity index (χ3n) is 5.24. The molecular weight excluding hydrogens is 335 g/mol. The summed E-state index contributed by atoms with van der Waals surface area (Å²) in [6.07, 6.45) is -3.06. The second kappa shape index (κ2) is 5.76. The second-order valence-electron chi connectivity index (χ2n) is 6.79. The zero-order chi connectivity index (χ0) is 17.8. The van der Waals surface area contributed by atoms with Crippen molar-refractivity contribution in [1.29, 1.82) is 0 Å². The lowest BCUT2D eigenvalue weighted by Crippen LogP contribution is -2.30. The highest BCUT2D eigenvalue weighted by atomic mass is 19.4. The number of hydrogen-bond donors (Lipinski definition) is 2. The SMILES string of the molecule is CNC1CCN(c2nc(N)nc3c4c(oc23)CCC(C(F)(F)F)C4)C1. The molecular formula is C16H20F3N5O. The molecule has 25 heavy (non-hydrogen) atoms. The van der Waals surface area contributed by atoms with Gasteiger partial charge in [-0.1, -0.05) is 0 Å². The number of aryl methyl sites for hydroxylation is 1. The molecule has 2 unspecified atom stereocenters. The summed E-state index contributed by atoms with van der Waals surface area (Å²) in [4.78, 5) is 10.6. The summed E-state index contributed by atoms with van der Waals surface area (Å²) >= 11 is 0. The molecule has 9 heteroatoms. The van der Waals surface area contributed by atoms with Crippen molar-refractivity contribution in [3.8, 4) is 0 Å². The first kappa shape index (κ1) is 16.4. The number of rotatable bonds is 2. The van der Waals surface area contributed by atoms with Gasteiger partial charge in [-0.3, -0.25) is 0 Å². The highest BCUT2D eigenvalue weighted by molar-refractivity contribution is 5.89. The number of fused-ring (bicyclic) bond motifs is 3. The van der Waals surface area contributed by atoms with E-state index < -0.39 is 12.1 Å². The zero-order valence-corrected chi connectivity index (χ0v) is 13.9. The van der Waals surface area contributed by atoms with Gasteiger partial charge in [0, 0.05) is 31.1 Å². The van der Waals surface area contributed by atoms with E-state index >= 15 is 0 Å². The average Bonchev–Trinajstić information content (AvgIpc) is 3.17. The number of nitrogens with zero attached hydrogens (tertiary/aromatic N) is 3. The second-order valence-corrected chi connectivity index (χ2v) is 6.79. The molecule has 0 amide bonds. The molecule has 1 aliphatic heterocycles. The van der Waals surface area contributed by atoms with Crippen molar-refractivity contribution in [3.63, 3.8) is 0 Å². The molecule has 1 saturated heterocycles. The molecule has 1 aliphatic carbocycles. The summed E-state index contributed by atoms with van der Waals surface area (Å²) in [5.41, 5.74) is 7.26. The molecule has 0 bridgehead atoms. The van der Waals surface area contributed by atoms with E-state index in [-0.39, 0.29) is 25.2 Å². The number of nitrogens with one attached hydrogen (secondary N) is 1. The Morgan fingerprint density at radius 3 is 2.76 bits per heavy atom. The van der Waals surface area contributed by atoms with E-state index in [0.717, 1.165) is 19.5 Å². The number of anilines is 2. The Bertz CT molecular complexity index is 803. The molecule has 0 saturated carbocycles. The van der Waals surface area contributed by atoms with Crippen molar-refractivity contribution in [2.24, 2.45) is 5.92 Å². The Morgan fingerprint density at radius 2 is 2.08 bits per heavy atom. The fraction of sp³-hybridized carbons (Fsp3) is 0.625. The molecule has 2 aromatic rings. The van der Waals surface area contributed by atoms with E-state index in [4.69, 9.17) is 10.2 Å². The molecule has 0 spiro atoms. The van der Waals surface area contributed by atoms with Gasteiger partial charge < -0.3 is 20.4 Å². The zero-order valence-electron chi connectivity index (χ0n) is 13.9. The Kier molecular flexibility index (Phi) is 3.78. The van der Waals surface area contributed by atoms with Crippen LogP contribution in [0.15, 0.2) is 4.42 Å². The molecule has 0 radical (unpaired) electrons. The maximum atomic E-state index is 13.1. The van der Waals surface area contributed by atoms with E-state index in [1.165, 1.54) is 0 Å². The number of nitrogen functional groups attached to an aromatic ring is 1. The van der Waals surface area contributed by atoms with Gasteiger partial charge in [0.15, 0.2) is 11.4 Å². The van der Waals surface area contributed by atoms with Crippen molar-refractivity contribution in [2.45, 2.75) is 37.9 Å². The van der Waals surface area contributed by atoms with Crippen LogP contribution in [0, 0.1) is 5.92 Å². The molecule has 2 aromatic heterocycles. The normalized spacial score (nSPS) is 24.1. The maximum Gasteiger partial charge on any atom is 0.392 e. The largest absolute Gasteiger partial charge is 0.455 e. The van der Waals surface area contributed by atoms with Crippen molar-refractivity contribution >= 4 is 22.9 Å². The van der Waals surface area contributed by atoms with Gasteiger partial charge in [-0.15, -0.1) is 0 Å². The summed E-state index contributed by atoms with van der Waals surface area (Å²) in [7, 11) is 1.90. The van der Waals surface area contributed by atoms with Crippen LogP contribution in [0.4, 0.5) is 24.9 Å². The number of halogens is 3. The van der Waals surface area contributed by atoms with E-state index in [1.807, 2.05) is 7.05 Å². The molecule has 4 rings (SSSR count). The summed E-state index contributed by atoms with van der Waals surface area (Å²) in [6.45, 7) is 1.53. The van der Waals surface area contributed by atoms with Crippen molar-refractivity contribution < 1.29 is 17.6 Å². The molecule has 136 valence electrons. The lowest BCUT2D eigenvalue weighted by atomic mass is 9.87. The molecule has 3 N–H and O–H groups in total. The quantitative estimate of drug-likeness (QED) is 0.860. The molecule has 0 aromatic carbocycles. The fourth-order valence-corrected chi connectivity index (χ4v) is 3.82. The molecule has 6 nitrogen and oxygen atoms in total. The van der Waals surface area contributed by atoms with E-state index in [2.05, 4.69) is 20.2 Å². The summed E-state index contributed by atoms with van der Waals surface area (Å²) in [5.74, 6) is -0.131. The van der Waals surface area contributed by atoms with E-state index in [0.29, 0.717) is 34.3 Å². The number of alkyl halides is 3. The first-order chi connectivity index (χ1) is 11.9. The van der Waals surface area contributed by atoms with E-state index in [9.17, 15) is 13.2 Å². The number of nitrogens with two attached hydrogens (primary N) is 1. The lowest BCUT2D eigenvalue weighted by Gasteiger charge is -2.23. The molecule has 1 fully saturated rings. The Hall–Kier alpha value is -2.03. The highest BCUT2D eigenvalue weighted by Crippen LogP contribution is 2.42. The topological polar surface area (TPSA) is 80.2 Å². The van der Waals surface area contributed by atoms with Gasteiger partial charge in [-0.2, -0.15) is 18.2 Å². The van der Waals surface area contributed by atoms with Crippen LogP contribution in [-0.4, -0.2) is 42.3 Å². The van der Waals surface area contributed by atoms with E-state index in [1.54, 1.807) is 0 Å². The number of likely N-dealkylation sites (N-methyl/N-ethyl adjacent to an activating group) is 1. The minimum absolute atomic E-state index is 0.0418. The number of aromatic nitrogens is 2. The van der Waals surface area contributed by atoms with Crippen molar-refractivity contribution in [1.82, 2.24) is 15.3 Å². The third kappa shape index (κ3) is 2.80. The maximum absolute atomic E-state index is 13.1. The van der Waals surface area contributed by atoms with Crippen LogP contribution in [0.1, 0.15) is 24.2 Å². The smallest absolute Gasteiger partial charge is 0.392 e. The summed E-state index contributed by atoms with van der Waals surface area (Å²) < 4.78 is 45.3. The Balaban J connectivity index is 1.77. The predicted molar refractivity (Wildman–Crippen MR) is 87.5 cm³/mol. The minimum Gasteiger partial charge on any atom is -0.455 e. The van der Waals surface area contributed by atoms with Crippen molar-refractivity contribution in [2.75, 3.05) is 30.8 Å². The van der Waals surface area contributed by atoms with Gasteiger partial charge in [0.25, 0.3) is 0 Å². The summed E-state index contributed by atoms with van der Waals surface area (Å²) in [5, 5.41) is 3.23. The first-order valence-corrected chi connectivity index (χ1v) is 8.43. The third-order valence-corrected chi connectivity index (χ3v) is 5.24. The molecule has 3 heterocycles. The van der Waals surface area contributed by atoms with Crippen LogP contribution in [-0.2, 0) is 12.8 Å². The van der Waals surface area contributed by atoms with Crippen LogP contribution >= 0.6 is 0 Å². The van der Waals surface area contributed by atoms with Crippen molar-refractivity contribution in [3.05, 3.63) is 11.3 Å². The molecule has 2 atom stereocenters. The van der Waals surface area contributed by atoms with Crippen LogP contribution in [0.5, 0.6) is 0 Å². The standard InChI is InChI=1S/C16H20F3N5O/c1-21-9-4-5-24(7-9)14-13-12(22-15(20)23-14)10-6-8(16(17,18)19)2-3-11(10)25-13/h8-9,21H,2-7H2,1H3,(H2,20,22,23). The minimum atomic E-state index is -4.21. The van der Waals surface area contributed by atoms with Gasteiger partial charge >= 0.3 is 6.18 Å². The number of hydrogen-bond acceptors (Lipinski definition) is 6. The Morgan fingerprint density at radius 1 is 1.28 bits per heavy atom.